The maximum Gasteiger partial charge on any atom is 0.115 e. The Morgan fingerprint density at radius 2 is 1.80 bits per heavy atom. The van der Waals surface area contributed by atoms with Gasteiger partial charge >= 0.3 is 0 Å². The highest BCUT2D eigenvalue weighted by Crippen LogP contribution is 2.45. The second kappa shape index (κ2) is 7.31. The monoisotopic (exact) mass is 375 g/mol. The zero-order chi connectivity index (χ0) is 17.4. The van der Waals surface area contributed by atoms with Gasteiger partial charge < -0.3 is 10.2 Å². The number of phenols is 1. The summed E-state index contributed by atoms with van der Waals surface area (Å²) in [5.41, 5.74) is 0.889. The fourth-order valence-corrected chi connectivity index (χ4v) is 6.90. The molecule has 4 rings (SSSR count). The first-order valence-corrected chi connectivity index (χ1v) is 10.8. The molecule has 0 radical (unpaired) electrons. The second-order valence-electron chi connectivity index (χ2n) is 7.25. The van der Waals surface area contributed by atoms with Crippen LogP contribution < -0.4 is 0 Å². The molecule has 0 saturated carbocycles. The van der Waals surface area contributed by atoms with Crippen LogP contribution in [0.25, 0.3) is 0 Å². The van der Waals surface area contributed by atoms with Crippen molar-refractivity contribution in [3.8, 4) is 5.75 Å². The molecule has 3 heterocycles. The minimum absolute atomic E-state index is 0.106. The highest BCUT2D eigenvalue weighted by molar-refractivity contribution is 8.01. The first-order valence-electron chi connectivity index (χ1n) is 9.06. The van der Waals surface area contributed by atoms with Crippen molar-refractivity contribution < 1.29 is 10.2 Å². The molecule has 1 aromatic carbocycles. The molecular formula is C20H25NO2S2. The van der Waals surface area contributed by atoms with Crippen LogP contribution in [0.1, 0.15) is 44.3 Å². The molecule has 0 aliphatic carbocycles. The van der Waals surface area contributed by atoms with Crippen molar-refractivity contribution in [1.82, 2.24) is 4.90 Å². The van der Waals surface area contributed by atoms with Gasteiger partial charge in [-0.25, -0.2) is 0 Å². The minimum Gasteiger partial charge on any atom is -0.508 e. The van der Waals surface area contributed by atoms with E-state index >= 15 is 0 Å². The second-order valence-corrected chi connectivity index (χ2v) is 9.80. The van der Waals surface area contributed by atoms with Crippen LogP contribution in [0.2, 0.25) is 0 Å². The summed E-state index contributed by atoms with van der Waals surface area (Å²) in [5.74, 6) is 0.245. The Labute approximate surface area is 157 Å². The summed E-state index contributed by atoms with van der Waals surface area (Å²) in [6.07, 6.45) is 4.42. The predicted octanol–water partition coefficient (Wildman–Crippen LogP) is 4.66. The lowest BCUT2D eigenvalue weighted by Gasteiger charge is -2.43. The number of rotatable bonds is 5. The van der Waals surface area contributed by atoms with E-state index in [1.807, 2.05) is 35.2 Å². The third-order valence-electron chi connectivity index (χ3n) is 5.69. The molecule has 2 unspecified atom stereocenters. The molecular weight excluding hydrogens is 350 g/mol. The van der Waals surface area contributed by atoms with E-state index in [4.69, 9.17) is 0 Å². The number of hydrogen-bond donors (Lipinski definition) is 2. The summed E-state index contributed by atoms with van der Waals surface area (Å²) >= 11 is 3.88. The molecule has 2 aliphatic rings. The van der Waals surface area contributed by atoms with Gasteiger partial charge in [-0.2, -0.15) is 0 Å². The van der Waals surface area contributed by atoms with Gasteiger partial charge in [0.15, 0.2) is 0 Å². The average molecular weight is 376 g/mol. The largest absolute Gasteiger partial charge is 0.508 e. The van der Waals surface area contributed by atoms with Gasteiger partial charge in [0.05, 0.1) is 10.3 Å². The van der Waals surface area contributed by atoms with Crippen LogP contribution >= 0.6 is 23.1 Å². The van der Waals surface area contributed by atoms with Crippen LogP contribution in [0, 0.1) is 0 Å². The minimum atomic E-state index is -0.509. The molecule has 0 spiro atoms. The molecule has 2 fully saturated rings. The number of aliphatic hydroxyl groups is 1. The molecule has 134 valence electrons. The van der Waals surface area contributed by atoms with E-state index in [0.29, 0.717) is 17.3 Å². The van der Waals surface area contributed by atoms with Crippen molar-refractivity contribution in [2.45, 2.75) is 66.3 Å². The van der Waals surface area contributed by atoms with Gasteiger partial charge in [0.1, 0.15) is 5.75 Å². The molecule has 2 saturated heterocycles. The summed E-state index contributed by atoms with van der Waals surface area (Å²) in [7, 11) is 0. The summed E-state index contributed by atoms with van der Waals surface area (Å²) < 4.78 is 1.43. The molecule has 3 nitrogen and oxygen atoms in total. The van der Waals surface area contributed by atoms with Gasteiger partial charge in [0.25, 0.3) is 0 Å². The fourth-order valence-electron chi connectivity index (χ4n) is 4.53. The number of thiophene rings is 1. The molecule has 5 heteroatoms. The van der Waals surface area contributed by atoms with Gasteiger partial charge in [-0.05, 0) is 61.7 Å². The Morgan fingerprint density at radius 3 is 2.40 bits per heavy atom. The highest BCUT2D eigenvalue weighted by atomic mass is 32.2. The molecule has 2 bridgehead atoms. The Bertz CT molecular complexity index is 674. The quantitative estimate of drug-likeness (QED) is 0.797. The molecule has 1 aromatic heterocycles. The van der Waals surface area contributed by atoms with Crippen LogP contribution in [0.3, 0.4) is 0 Å². The third kappa shape index (κ3) is 3.61. The lowest BCUT2D eigenvalue weighted by atomic mass is 9.95. The van der Waals surface area contributed by atoms with Crippen molar-refractivity contribution in [3.05, 3.63) is 47.3 Å². The summed E-state index contributed by atoms with van der Waals surface area (Å²) in [4.78, 5) is 2.57. The average Bonchev–Trinajstić information content (AvgIpc) is 3.20. The van der Waals surface area contributed by atoms with Gasteiger partial charge in [0, 0.05) is 23.4 Å². The number of hydrogen-bond acceptors (Lipinski definition) is 5. The predicted molar refractivity (Wildman–Crippen MR) is 104 cm³/mol. The van der Waals surface area contributed by atoms with Crippen molar-refractivity contribution in [3.63, 3.8) is 0 Å². The maximum absolute atomic E-state index is 10.8. The zero-order valence-electron chi connectivity index (χ0n) is 14.4. The van der Waals surface area contributed by atoms with Gasteiger partial charge in [-0.3, -0.25) is 4.90 Å². The topological polar surface area (TPSA) is 43.7 Å². The molecule has 2 aromatic rings. The Hall–Kier alpha value is -1.01. The highest BCUT2D eigenvalue weighted by Gasteiger charge is 2.44. The molecule has 0 amide bonds. The number of fused-ring (bicyclic) bond motifs is 2. The molecule has 25 heavy (non-hydrogen) atoms. The summed E-state index contributed by atoms with van der Waals surface area (Å²) in [6.45, 7) is 2.15. The Morgan fingerprint density at radius 1 is 1.12 bits per heavy atom. The van der Waals surface area contributed by atoms with Crippen LogP contribution in [-0.2, 0) is 0 Å². The van der Waals surface area contributed by atoms with E-state index in [0.717, 1.165) is 5.56 Å². The third-order valence-corrected chi connectivity index (χ3v) is 8.01. The van der Waals surface area contributed by atoms with E-state index < -0.39 is 6.10 Å². The van der Waals surface area contributed by atoms with E-state index in [1.165, 1.54) is 29.9 Å². The zero-order valence-corrected chi connectivity index (χ0v) is 16.0. The standard InChI is InChI=1S/C20H25NO2S2/c1-13(20(23)14-4-8-17(22)9-5-14)21-15-6-7-16(21)12-18(11-15)25-19-3-2-10-24-19/h2-5,8-10,13,15-16,18,20,22-23H,6-7,11-12H2,1H3/t13-,15?,16?,18?,20+/m0/s1. The number of thioether (sulfide) groups is 1. The Kier molecular flexibility index (Phi) is 5.09. The van der Waals surface area contributed by atoms with Crippen LogP contribution in [0.5, 0.6) is 5.75 Å². The smallest absolute Gasteiger partial charge is 0.115 e. The van der Waals surface area contributed by atoms with E-state index in [2.05, 4.69) is 29.3 Å². The van der Waals surface area contributed by atoms with Gasteiger partial charge in [-0.1, -0.05) is 18.2 Å². The van der Waals surface area contributed by atoms with E-state index in [-0.39, 0.29) is 11.8 Å². The fraction of sp³-hybridized carbons (Fsp3) is 0.500. The number of phenolic OH excluding ortho intramolecular Hbond substituents is 1. The normalized spacial score (nSPS) is 28.8. The molecule has 2 aliphatic heterocycles. The van der Waals surface area contributed by atoms with Crippen molar-refractivity contribution >= 4 is 23.1 Å². The summed E-state index contributed by atoms with van der Waals surface area (Å²) in [5, 5.41) is 23.2. The number of piperidine rings is 1. The number of aromatic hydroxyl groups is 1. The number of benzene rings is 1. The Balaban J connectivity index is 1.44. The summed E-state index contributed by atoms with van der Waals surface area (Å²) in [6, 6.07) is 12.6. The SMILES string of the molecule is C[C@@H]([C@@H](O)c1ccc(O)cc1)N1C2CCC1CC(Sc1cccs1)C2. The number of nitrogens with zero attached hydrogens (tertiary/aromatic N) is 1. The van der Waals surface area contributed by atoms with Crippen molar-refractivity contribution in [2.24, 2.45) is 0 Å². The van der Waals surface area contributed by atoms with Crippen molar-refractivity contribution in [1.29, 1.82) is 0 Å². The lowest BCUT2D eigenvalue weighted by Crippen LogP contribution is -2.50. The lowest BCUT2D eigenvalue weighted by molar-refractivity contribution is 0.0115. The van der Waals surface area contributed by atoms with Crippen molar-refractivity contribution in [2.75, 3.05) is 0 Å². The van der Waals surface area contributed by atoms with Crippen LogP contribution in [0.15, 0.2) is 46.0 Å². The maximum atomic E-state index is 10.8. The molecule has 4 atom stereocenters. The van der Waals surface area contributed by atoms with Crippen LogP contribution in [0.4, 0.5) is 0 Å². The molecule has 2 N–H and O–H groups in total. The van der Waals surface area contributed by atoms with E-state index in [1.54, 1.807) is 12.1 Å². The van der Waals surface area contributed by atoms with Gasteiger partial charge in [-0.15, -0.1) is 23.1 Å². The number of aliphatic hydroxyl groups excluding tert-OH is 1. The van der Waals surface area contributed by atoms with Crippen LogP contribution in [-0.4, -0.2) is 38.5 Å². The van der Waals surface area contributed by atoms with E-state index in [9.17, 15) is 10.2 Å². The first kappa shape index (κ1) is 17.4. The van der Waals surface area contributed by atoms with Gasteiger partial charge in [0.2, 0.25) is 0 Å². The first-order chi connectivity index (χ1) is 12.1.